The molecule has 3 aliphatic heterocycles. The highest BCUT2D eigenvalue weighted by molar-refractivity contribution is 6.30. The Hall–Kier alpha value is -3.84. The minimum Gasteiger partial charge on any atom is -0.292 e. The Kier molecular flexibility index (Phi) is 4.64. The van der Waals surface area contributed by atoms with E-state index in [1.54, 1.807) is 35.5 Å². The van der Waals surface area contributed by atoms with Crippen LogP contribution in [-0.4, -0.2) is 34.9 Å². The molecule has 168 valence electrons. The molecule has 0 saturated carbocycles. The summed E-state index contributed by atoms with van der Waals surface area (Å²) in [6.45, 7) is 0. The van der Waals surface area contributed by atoms with Crippen LogP contribution in [0.25, 0.3) is 0 Å². The Bertz CT molecular complexity index is 1390. The highest BCUT2D eigenvalue weighted by Crippen LogP contribution is 2.53. The second-order valence-electron chi connectivity index (χ2n) is 8.56. The number of Topliss-reactive ketones (excluding diaryl/α,β-unsaturated/α-hetero) is 1. The minimum absolute atomic E-state index is 0.154. The second-order valence-corrected chi connectivity index (χ2v) is 8.99. The zero-order chi connectivity index (χ0) is 23.6. The van der Waals surface area contributed by atoms with Gasteiger partial charge in [-0.25, -0.2) is 9.29 Å². The summed E-state index contributed by atoms with van der Waals surface area (Å²) in [4.78, 5) is 42.1. The van der Waals surface area contributed by atoms with Gasteiger partial charge in [0.05, 0.1) is 29.8 Å². The fraction of sp³-hybridized carbons (Fsp3) is 0.154. The van der Waals surface area contributed by atoms with E-state index in [1.807, 2.05) is 24.3 Å². The first kappa shape index (κ1) is 20.7. The van der Waals surface area contributed by atoms with E-state index >= 15 is 0 Å². The number of hydrazone groups is 1. The molecule has 0 unspecified atom stereocenters. The van der Waals surface area contributed by atoms with Gasteiger partial charge in [-0.3, -0.25) is 19.4 Å². The number of amides is 2. The van der Waals surface area contributed by atoms with E-state index in [9.17, 15) is 18.8 Å². The number of halogens is 2. The molecule has 34 heavy (non-hydrogen) atoms. The van der Waals surface area contributed by atoms with Crippen molar-refractivity contribution in [1.29, 1.82) is 0 Å². The summed E-state index contributed by atoms with van der Waals surface area (Å²) in [7, 11) is 0. The lowest BCUT2D eigenvalue weighted by molar-refractivity contribution is -0.124. The topological polar surface area (TPSA) is 70.0 Å². The zero-order valence-electron chi connectivity index (χ0n) is 17.6. The number of carbonyl (C=O) groups is 3. The molecule has 2 fully saturated rings. The third kappa shape index (κ3) is 2.93. The monoisotopic (exact) mass is 473 g/mol. The molecule has 3 aromatic carbocycles. The Labute approximate surface area is 199 Å². The van der Waals surface area contributed by atoms with E-state index in [0.29, 0.717) is 10.6 Å². The molecule has 0 bridgehead atoms. The van der Waals surface area contributed by atoms with Crippen molar-refractivity contribution in [3.05, 3.63) is 100 Å². The highest BCUT2D eigenvalue weighted by atomic mass is 35.5. The number of carbonyl (C=O) groups excluding carboxylic acids is 3. The van der Waals surface area contributed by atoms with E-state index in [4.69, 9.17) is 11.6 Å². The molecule has 2 saturated heterocycles. The number of fused-ring (bicyclic) bond motifs is 5. The first-order chi connectivity index (χ1) is 16.5. The molecule has 0 spiro atoms. The predicted molar refractivity (Wildman–Crippen MR) is 124 cm³/mol. The molecule has 6 nitrogen and oxygen atoms in total. The maximum absolute atomic E-state index is 13.9. The molecular weight excluding hydrogens is 457 g/mol. The largest absolute Gasteiger partial charge is 0.292 e. The molecule has 6 rings (SSSR count). The van der Waals surface area contributed by atoms with E-state index in [-0.39, 0.29) is 11.5 Å². The van der Waals surface area contributed by atoms with E-state index in [2.05, 4.69) is 5.10 Å². The molecule has 0 N–H and O–H groups in total. The fourth-order valence-corrected chi connectivity index (χ4v) is 5.45. The fourth-order valence-electron chi connectivity index (χ4n) is 5.32. The maximum Gasteiger partial charge on any atom is 0.240 e. The van der Waals surface area contributed by atoms with Crippen LogP contribution >= 0.6 is 11.6 Å². The van der Waals surface area contributed by atoms with Crippen LogP contribution in [0.1, 0.15) is 27.5 Å². The van der Waals surface area contributed by atoms with Gasteiger partial charge in [0, 0.05) is 10.6 Å². The second kappa shape index (κ2) is 7.60. The smallest absolute Gasteiger partial charge is 0.240 e. The van der Waals surface area contributed by atoms with Crippen LogP contribution in [0.15, 0.2) is 77.9 Å². The van der Waals surface area contributed by atoms with Crippen LogP contribution in [-0.2, 0) is 9.59 Å². The van der Waals surface area contributed by atoms with Gasteiger partial charge in [-0.05, 0) is 53.6 Å². The molecule has 3 aromatic rings. The lowest BCUT2D eigenvalue weighted by atomic mass is 9.83. The van der Waals surface area contributed by atoms with Crippen molar-refractivity contribution in [2.45, 2.75) is 12.1 Å². The summed E-state index contributed by atoms with van der Waals surface area (Å²) in [6, 6.07) is 17.7. The van der Waals surface area contributed by atoms with Crippen molar-refractivity contribution in [2.24, 2.45) is 16.9 Å². The van der Waals surface area contributed by atoms with Crippen LogP contribution in [0, 0.1) is 17.7 Å². The van der Waals surface area contributed by atoms with Crippen molar-refractivity contribution in [1.82, 2.24) is 5.01 Å². The normalized spacial score (nSPS) is 24.8. The van der Waals surface area contributed by atoms with Gasteiger partial charge in [-0.15, -0.1) is 0 Å². The first-order valence-electron chi connectivity index (χ1n) is 10.8. The van der Waals surface area contributed by atoms with Gasteiger partial charge in [0.25, 0.3) is 0 Å². The number of anilines is 1. The highest BCUT2D eigenvalue weighted by Gasteiger charge is 2.65. The number of benzene rings is 3. The van der Waals surface area contributed by atoms with Gasteiger partial charge in [-0.1, -0.05) is 41.9 Å². The maximum atomic E-state index is 13.9. The number of ketones is 1. The van der Waals surface area contributed by atoms with Gasteiger partial charge in [-0.2, -0.15) is 5.10 Å². The van der Waals surface area contributed by atoms with Crippen LogP contribution in [0.4, 0.5) is 10.1 Å². The van der Waals surface area contributed by atoms with E-state index in [0.717, 1.165) is 22.1 Å². The summed E-state index contributed by atoms with van der Waals surface area (Å²) in [6.07, 6.45) is 1.65. The number of imide groups is 1. The predicted octanol–water partition coefficient (Wildman–Crippen LogP) is 4.24. The Balaban J connectivity index is 1.50. The molecule has 4 atom stereocenters. The van der Waals surface area contributed by atoms with Gasteiger partial charge in [0.2, 0.25) is 11.8 Å². The van der Waals surface area contributed by atoms with Gasteiger partial charge >= 0.3 is 0 Å². The third-order valence-electron chi connectivity index (χ3n) is 6.76. The molecule has 8 heteroatoms. The summed E-state index contributed by atoms with van der Waals surface area (Å²) in [5.41, 5.74) is 2.17. The Morgan fingerprint density at radius 1 is 0.912 bits per heavy atom. The van der Waals surface area contributed by atoms with Gasteiger partial charge in [0.1, 0.15) is 11.9 Å². The molecule has 3 aliphatic rings. The van der Waals surface area contributed by atoms with Crippen molar-refractivity contribution >= 4 is 41.1 Å². The number of hydrogen-bond acceptors (Lipinski definition) is 5. The average molecular weight is 474 g/mol. The number of nitrogens with zero attached hydrogens (tertiary/aromatic N) is 3. The van der Waals surface area contributed by atoms with Crippen LogP contribution in [0.2, 0.25) is 5.02 Å². The van der Waals surface area contributed by atoms with Crippen molar-refractivity contribution in [3.8, 4) is 0 Å². The van der Waals surface area contributed by atoms with Crippen LogP contribution in [0.5, 0.6) is 0 Å². The third-order valence-corrected chi connectivity index (χ3v) is 7.01. The van der Waals surface area contributed by atoms with Crippen molar-refractivity contribution < 1.29 is 18.8 Å². The summed E-state index contributed by atoms with van der Waals surface area (Å²) >= 11 is 5.99. The zero-order valence-corrected chi connectivity index (χ0v) is 18.4. The minimum atomic E-state index is -0.990. The summed E-state index contributed by atoms with van der Waals surface area (Å²) in [5.74, 6) is -3.68. The van der Waals surface area contributed by atoms with Crippen LogP contribution < -0.4 is 4.90 Å². The first-order valence-corrected chi connectivity index (χ1v) is 11.2. The van der Waals surface area contributed by atoms with Crippen LogP contribution in [0.3, 0.4) is 0 Å². The van der Waals surface area contributed by atoms with Gasteiger partial charge in [0.15, 0.2) is 5.78 Å². The molecule has 0 aliphatic carbocycles. The van der Waals surface area contributed by atoms with Crippen molar-refractivity contribution in [3.63, 3.8) is 0 Å². The summed E-state index contributed by atoms with van der Waals surface area (Å²) in [5, 5.41) is 6.59. The average Bonchev–Trinajstić information content (AvgIpc) is 3.31. The quantitative estimate of drug-likeness (QED) is 0.421. The lowest BCUT2D eigenvalue weighted by Crippen LogP contribution is -2.44. The van der Waals surface area contributed by atoms with E-state index < -0.39 is 41.6 Å². The number of rotatable bonds is 3. The Morgan fingerprint density at radius 2 is 1.65 bits per heavy atom. The molecule has 3 heterocycles. The van der Waals surface area contributed by atoms with Gasteiger partial charge < -0.3 is 0 Å². The SMILES string of the molecule is O=C(c1ccc(Cl)cc1)[C@@H]1[C@@H]2C(=O)N(c3cccc(F)c3)C(=O)[C@@H]2[C@@H]2c3ccccc3C=NN12. The molecule has 0 aromatic heterocycles. The summed E-state index contributed by atoms with van der Waals surface area (Å²) < 4.78 is 13.9. The lowest BCUT2D eigenvalue weighted by Gasteiger charge is -2.33. The Morgan fingerprint density at radius 3 is 2.41 bits per heavy atom. The standard InChI is InChI=1S/C26H17ClFN3O3/c27-16-10-8-14(9-11-16)24(32)23-21-20(22-19-7-2-1-4-15(19)13-29-31(22)23)25(33)30(26(21)34)18-6-3-5-17(28)12-18/h1-13,20-23H/t20-,21+,22-,23-/m0/s1. The molecule has 0 radical (unpaired) electrons. The number of hydrogen-bond donors (Lipinski definition) is 0. The molecule has 2 amide bonds. The van der Waals surface area contributed by atoms with Crippen molar-refractivity contribution in [2.75, 3.05) is 4.90 Å². The molecular formula is C26H17ClFN3O3. The van der Waals surface area contributed by atoms with E-state index in [1.165, 1.54) is 18.2 Å².